The second-order valence-corrected chi connectivity index (χ2v) is 10.2. The van der Waals surface area contributed by atoms with E-state index in [1.54, 1.807) is 12.1 Å². The first-order valence-electron chi connectivity index (χ1n) is 12.4. The lowest BCUT2D eigenvalue weighted by Gasteiger charge is -2.31. The van der Waals surface area contributed by atoms with Crippen LogP contribution in [0.5, 0.6) is 17.2 Å². The Morgan fingerprint density at radius 1 is 1.11 bits per heavy atom. The van der Waals surface area contributed by atoms with Crippen LogP contribution in [0.25, 0.3) is 11.1 Å². The fraction of sp³-hybridized carbons (Fsp3) is 0.333. The van der Waals surface area contributed by atoms with Gasteiger partial charge in [0.2, 0.25) is 0 Å². The van der Waals surface area contributed by atoms with Crippen LogP contribution in [0.15, 0.2) is 66.7 Å². The highest BCUT2D eigenvalue weighted by Crippen LogP contribution is 2.47. The number of nitrogens with zero attached hydrogens (tertiary/aromatic N) is 1. The highest BCUT2D eigenvalue weighted by Gasteiger charge is 2.30. The van der Waals surface area contributed by atoms with Crippen molar-refractivity contribution in [2.75, 3.05) is 26.4 Å². The summed E-state index contributed by atoms with van der Waals surface area (Å²) in [6.07, 6.45) is 0.598. The molecule has 0 amide bonds. The minimum atomic E-state index is -0.321. The first-order chi connectivity index (χ1) is 17.4. The summed E-state index contributed by atoms with van der Waals surface area (Å²) in [5.41, 5.74) is 4.97. The van der Waals surface area contributed by atoms with Crippen LogP contribution >= 0.6 is 11.6 Å². The summed E-state index contributed by atoms with van der Waals surface area (Å²) in [7, 11) is 0. The molecule has 6 heteroatoms. The molecule has 5 rings (SSSR count). The van der Waals surface area contributed by atoms with Gasteiger partial charge in [0.15, 0.2) is 0 Å². The third-order valence-electron chi connectivity index (χ3n) is 7.27. The number of hydrogen-bond acceptors (Lipinski definition) is 4. The van der Waals surface area contributed by atoms with Crippen LogP contribution in [-0.4, -0.2) is 42.4 Å². The quantitative estimate of drug-likeness (QED) is 0.368. The molecule has 1 unspecified atom stereocenters. The molecule has 0 aliphatic carbocycles. The summed E-state index contributed by atoms with van der Waals surface area (Å²) < 4.78 is 25.5. The summed E-state index contributed by atoms with van der Waals surface area (Å²) in [5.74, 6) is 1.89. The van der Waals surface area contributed by atoms with Gasteiger partial charge in [0.25, 0.3) is 0 Å². The maximum Gasteiger partial charge on any atom is 0.150 e. The van der Waals surface area contributed by atoms with E-state index in [1.807, 2.05) is 54.6 Å². The zero-order valence-corrected chi connectivity index (χ0v) is 21.3. The molecule has 1 N–H and O–H groups in total. The Bertz CT molecular complexity index is 1240. The van der Waals surface area contributed by atoms with Crippen molar-refractivity contribution in [3.63, 3.8) is 0 Å². The lowest BCUT2D eigenvalue weighted by molar-refractivity contribution is 0.165. The highest BCUT2D eigenvalue weighted by atomic mass is 35.5. The number of rotatable bonds is 7. The molecule has 3 atom stereocenters. The lowest BCUT2D eigenvalue weighted by Crippen LogP contribution is -2.35. The normalized spacial score (nSPS) is 20.7. The monoisotopic (exact) mass is 507 g/mol. The standard InChI is InChI=1S/C30H31ClFNO3/c1-19(33-14-13-21(16-32)17-33)18-35-26-10-5-23(6-11-26)30-29(22-3-7-24(31)8-4-22)20(2)27-15-25(34)9-12-28(27)36-30/h3-12,15,19,21,30,34H,13-14,16-18H2,1-2H3/t19-,21-,30?/m0/s1. The Kier molecular flexibility index (Phi) is 7.22. The zero-order chi connectivity index (χ0) is 25.2. The van der Waals surface area contributed by atoms with Crippen molar-refractivity contribution in [2.45, 2.75) is 32.4 Å². The van der Waals surface area contributed by atoms with Crippen molar-refractivity contribution >= 4 is 22.7 Å². The van der Waals surface area contributed by atoms with E-state index >= 15 is 0 Å². The number of ether oxygens (including phenoxy) is 2. The molecule has 0 radical (unpaired) electrons. The Hall–Kier alpha value is -3.02. The average molecular weight is 508 g/mol. The largest absolute Gasteiger partial charge is 0.508 e. The number of fused-ring (bicyclic) bond motifs is 1. The maximum absolute atomic E-state index is 13.0. The van der Waals surface area contributed by atoms with E-state index < -0.39 is 0 Å². The van der Waals surface area contributed by atoms with Gasteiger partial charge in [0, 0.05) is 34.7 Å². The summed E-state index contributed by atoms with van der Waals surface area (Å²) in [6, 6.07) is 21.2. The van der Waals surface area contributed by atoms with Gasteiger partial charge in [-0.2, -0.15) is 0 Å². The van der Waals surface area contributed by atoms with Crippen molar-refractivity contribution in [3.05, 3.63) is 88.4 Å². The minimum Gasteiger partial charge on any atom is -0.508 e. The molecule has 4 nitrogen and oxygen atoms in total. The number of phenolic OH excluding ortho intramolecular Hbond substituents is 1. The van der Waals surface area contributed by atoms with Crippen LogP contribution in [0.1, 0.15) is 43.1 Å². The van der Waals surface area contributed by atoms with E-state index in [2.05, 4.69) is 18.7 Å². The number of likely N-dealkylation sites (tertiary alicyclic amines) is 1. The Balaban J connectivity index is 1.37. The number of hydrogen-bond donors (Lipinski definition) is 1. The summed E-state index contributed by atoms with van der Waals surface area (Å²) in [4.78, 5) is 2.30. The minimum absolute atomic E-state index is 0.155. The molecule has 3 aromatic carbocycles. The molecule has 2 aliphatic heterocycles. The molecule has 1 saturated heterocycles. The molecule has 188 valence electrons. The summed E-state index contributed by atoms with van der Waals surface area (Å²) in [5, 5.41) is 10.7. The molecular weight excluding hydrogens is 477 g/mol. The topological polar surface area (TPSA) is 41.9 Å². The summed E-state index contributed by atoms with van der Waals surface area (Å²) >= 11 is 6.15. The number of benzene rings is 3. The number of aromatic hydroxyl groups is 1. The Morgan fingerprint density at radius 2 is 1.86 bits per heavy atom. The number of halogens is 2. The van der Waals surface area contributed by atoms with E-state index in [0.717, 1.165) is 58.8 Å². The van der Waals surface area contributed by atoms with E-state index in [1.165, 1.54) is 0 Å². The second kappa shape index (κ2) is 10.5. The predicted octanol–water partition coefficient (Wildman–Crippen LogP) is 7.17. The lowest BCUT2D eigenvalue weighted by atomic mass is 9.86. The van der Waals surface area contributed by atoms with Crippen LogP contribution in [0, 0.1) is 5.92 Å². The molecule has 2 aliphatic rings. The third-order valence-corrected chi connectivity index (χ3v) is 7.52. The van der Waals surface area contributed by atoms with Crippen molar-refractivity contribution in [3.8, 4) is 17.2 Å². The van der Waals surface area contributed by atoms with Gasteiger partial charge in [-0.1, -0.05) is 35.9 Å². The van der Waals surface area contributed by atoms with Crippen molar-refractivity contribution < 1.29 is 19.0 Å². The third kappa shape index (κ3) is 5.09. The van der Waals surface area contributed by atoms with Gasteiger partial charge < -0.3 is 14.6 Å². The fourth-order valence-electron chi connectivity index (χ4n) is 5.12. The van der Waals surface area contributed by atoms with Gasteiger partial charge in [-0.3, -0.25) is 9.29 Å². The molecular formula is C30H31ClFNO3. The van der Waals surface area contributed by atoms with Crippen LogP contribution < -0.4 is 9.47 Å². The van der Waals surface area contributed by atoms with Crippen LogP contribution in [0.2, 0.25) is 5.02 Å². The Labute approximate surface area is 216 Å². The fourth-order valence-corrected chi connectivity index (χ4v) is 5.25. The predicted molar refractivity (Wildman–Crippen MR) is 142 cm³/mol. The molecule has 0 bridgehead atoms. The van der Waals surface area contributed by atoms with Gasteiger partial charge in [0.1, 0.15) is 30.0 Å². The van der Waals surface area contributed by atoms with Gasteiger partial charge >= 0.3 is 0 Å². The van der Waals surface area contributed by atoms with E-state index in [-0.39, 0.29) is 30.5 Å². The Morgan fingerprint density at radius 3 is 2.56 bits per heavy atom. The molecule has 0 spiro atoms. The molecule has 0 aromatic heterocycles. The molecule has 3 aromatic rings. The van der Waals surface area contributed by atoms with Crippen LogP contribution in [0.3, 0.4) is 0 Å². The van der Waals surface area contributed by atoms with E-state index in [9.17, 15) is 9.50 Å². The van der Waals surface area contributed by atoms with Crippen molar-refractivity contribution in [2.24, 2.45) is 5.92 Å². The van der Waals surface area contributed by atoms with Crippen LogP contribution in [-0.2, 0) is 0 Å². The summed E-state index contributed by atoms with van der Waals surface area (Å²) in [6.45, 7) is 6.23. The maximum atomic E-state index is 13.0. The van der Waals surface area contributed by atoms with Gasteiger partial charge in [-0.15, -0.1) is 0 Å². The molecule has 0 saturated carbocycles. The zero-order valence-electron chi connectivity index (χ0n) is 20.6. The molecule has 1 fully saturated rings. The van der Waals surface area contributed by atoms with Crippen LogP contribution in [0.4, 0.5) is 4.39 Å². The van der Waals surface area contributed by atoms with E-state index in [4.69, 9.17) is 21.1 Å². The number of allylic oxidation sites excluding steroid dienone is 1. The first-order valence-corrected chi connectivity index (χ1v) is 12.8. The first kappa shape index (κ1) is 24.7. The van der Waals surface area contributed by atoms with E-state index in [0.29, 0.717) is 11.6 Å². The van der Waals surface area contributed by atoms with Crippen molar-refractivity contribution in [1.29, 1.82) is 0 Å². The number of alkyl halides is 1. The van der Waals surface area contributed by atoms with Gasteiger partial charge in [0.05, 0.1) is 6.67 Å². The molecule has 2 heterocycles. The SMILES string of the molecule is CC1=C(c2ccc(Cl)cc2)C(c2ccc(OC[C@H](C)N3CC[C@@H](CF)C3)cc2)Oc2ccc(O)cc21. The smallest absolute Gasteiger partial charge is 0.150 e. The van der Waals surface area contributed by atoms with Crippen molar-refractivity contribution in [1.82, 2.24) is 4.90 Å². The molecule has 36 heavy (non-hydrogen) atoms. The number of phenols is 1. The van der Waals surface area contributed by atoms with Gasteiger partial charge in [-0.25, -0.2) is 0 Å². The second-order valence-electron chi connectivity index (χ2n) is 9.76. The highest BCUT2D eigenvalue weighted by molar-refractivity contribution is 6.30. The van der Waals surface area contributed by atoms with Gasteiger partial charge in [-0.05, 0) is 86.0 Å². The average Bonchev–Trinajstić information content (AvgIpc) is 3.38.